The molecule has 1 spiro atoms. The van der Waals surface area contributed by atoms with Gasteiger partial charge in [-0.1, -0.05) is 49.6 Å². The van der Waals surface area contributed by atoms with Crippen LogP contribution in [0.1, 0.15) is 56.9 Å². The van der Waals surface area contributed by atoms with E-state index < -0.39 is 0 Å². The van der Waals surface area contributed by atoms with E-state index in [0.29, 0.717) is 6.04 Å². The lowest BCUT2D eigenvalue weighted by Crippen LogP contribution is -2.48. The molecule has 21 heavy (non-hydrogen) atoms. The summed E-state index contributed by atoms with van der Waals surface area (Å²) in [6.07, 6.45) is 11.5. The second-order valence-corrected chi connectivity index (χ2v) is 6.83. The molecule has 1 aliphatic carbocycles. The van der Waals surface area contributed by atoms with E-state index >= 15 is 0 Å². The molecule has 116 valence electrons. The standard InChI is InChI=1S/C19H29NO/c1-3-8-17(9-4-1)10-7-14-20-18-11-15-21-19(16-18)12-5-2-6-13-19/h1,3-4,8-9,18,20H,2,5-7,10-16H2. The fourth-order valence-corrected chi connectivity index (χ4v) is 3.99. The molecule has 2 fully saturated rings. The van der Waals surface area contributed by atoms with Crippen molar-refractivity contribution in [2.24, 2.45) is 0 Å². The minimum atomic E-state index is 0.230. The van der Waals surface area contributed by atoms with E-state index in [4.69, 9.17) is 4.74 Å². The van der Waals surface area contributed by atoms with Crippen LogP contribution in [-0.2, 0) is 11.2 Å². The number of nitrogens with one attached hydrogen (secondary N) is 1. The highest BCUT2D eigenvalue weighted by molar-refractivity contribution is 5.14. The Bertz CT molecular complexity index is 405. The first kappa shape index (κ1) is 15.1. The van der Waals surface area contributed by atoms with Crippen molar-refractivity contribution in [2.45, 2.75) is 69.4 Å². The number of hydrogen-bond acceptors (Lipinski definition) is 2. The fraction of sp³-hybridized carbons (Fsp3) is 0.684. The monoisotopic (exact) mass is 287 g/mol. The molecule has 2 aliphatic rings. The minimum Gasteiger partial charge on any atom is -0.375 e. The molecule has 1 atom stereocenters. The lowest BCUT2D eigenvalue weighted by molar-refractivity contribution is -0.109. The van der Waals surface area contributed by atoms with Crippen LogP contribution in [0, 0.1) is 0 Å². The van der Waals surface area contributed by atoms with Gasteiger partial charge in [0.05, 0.1) is 5.60 Å². The van der Waals surface area contributed by atoms with E-state index in [1.165, 1.54) is 63.4 Å². The Morgan fingerprint density at radius 2 is 1.90 bits per heavy atom. The Labute approximate surface area is 129 Å². The van der Waals surface area contributed by atoms with Crippen LogP contribution in [-0.4, -0.2) is 24.8 Å². The molecule has 2 heteroatoms. The summed E-state index contributed by atoms with van der Waals surface area (Å²) < 4.78 is 6.17. The van der Waals surface area contributed by atoms with Gasteiger partial charge >= 0.3 is 0 Å². The molecule has 1 aliphatic heterocycles. The van der Waals surface area contributed by atoms with Crippen LogP contribution in [0.4, 0.5) is 0 Å². The minimum absolute atomic E-state index is 0.230. The molecule has 0 radical (unpaired) electrons. The zero-order valence-corrected chi connectivity index (χ0v) is 13.2. The molecule has 1 aromatic rings. The van der Waals surface area contributed by atoms with Crippen molar-refractivity contribution in [3.05, 3.63) is 35.9 Å². The van der Waals surface area contributed by atoms with Crippen molar-refractivity contribution < 1.29 is 4.74 Å². The number of benzene rings is 1. The van der Waals surface area contributed by atoms with Gasteiger partial charge in [-0.2, -0.15) is 0 Å². The Balaban J connectivity index is 1.39. The predicted molar refractivity (Wildman–Crippen MR) is 87.6 cm³/mol. The summed E-state index contributed by atoms with van der Waals surface area (Å²) in [5.41, 5.74) is 1.68. The summed E-state index contributed by atoms with van der Waals surface area (Å²) in [4.78, 5) is 0. The Morgan fingerprint density at radius 1 is 1.10 bits per heavy atom. The Hall–Kier alpha value is -0.860. The maximum Gasteiger partial charge on any atom is 0.0697 e. The highest BCUT2D eigenvalue weighted by atomic mass is 16.5. The van der Waals surface area contributed by atoms with Gasteiger partial charge in [0.1, 0.15) is 0 Å². The molecule has 1 saturated heterocycles. The van der Waals surface area contributed by atoms with Crippen LogP contribution in [0.5, 0.6) is 0 Å². The third-order valence-electron chi connectivity index (χ3n) is 5.18. The summed E-state index contributed by atoms with van der Waals surface area (Å²) in [7, 11) is 0. The van der Waals surface area contributed by atoms with E-state index in [-0.39, 0.29) is 5.60 Å². The van der Waals surface area contributed by atoms with Crippen LogP contribution >= 0.6 is 0 Å². The molecule has 1 saturated carbocycles. The summed E-state index contributed by atoms with van der Waals surface area (Å²) in [5.74, 6) is 0. The van der Waals surface area contributed by atoms with Crippen LogP contribution in [0.25, 0.3) is 0 Å². The maximum absolute atomic E-state index is 6.17. The van der Waals surface area contributed by atoms with E-state index in [2.05, 4.69) is 35.6 Å². The van der Waals surface area contributed by atoms with Crippen molar-refractivity contribution in [1.29, 1.82) is 0 Å². The number of rotatable bonds is 5. The van der Waals surface area contributed by atoms with Gasteiger partial charge in [-0.05, 0) is 50.6 Å². The largest absolute Gasteiger partial charge is 0.375 e. The van der Waals surface area contributed by atoms with Gasteiger partial charge in [-0.3, -0.25) is 0 Å². The van der Waals surface area contributed by atoms with Crippen molar-refractivity contribution in [2.75, 3.05) is 13.2 Å². The van der Waals surface area contributed by atoms with Gasteiger partial charge in [-0.25, -0.2) is 0 Å². The summed E-state index contributed by atoms with van der Waals surface area (Å²) in [6.45, 7) is 2.09. The van der Waals surface area contributed by atoms with Gasteiger partial charge in [0.15, 0.2) is 0 Å². The highest BCUT2D eigenvalue weighted by Crippen LogP contribution is 2.38. The Morgan fingerprint density at radius 3 is 2.71 bits per heavy atom. The molecule has 1 aromatic carbocycles. The third kappa shape index (κ3) is 4.31. The first-order valence-electron chi connectivity index (χ1n) is 8.78. The lowest BCUT2D eigenvalue weighted by Gasteiger charge is -2.43. The van der Waals surface area contributed by atoms with Crippen LogP contribution in [0.15, 0.2) is 30.3 Å². The summed E-state index contributed by atoms with van der Waals surface area (Å²) in [6, 6.07) is 11.5. The van der Waals surface area contributed by atoms with Gasteiger partial charge in [0, 0.05) is 12.6 Å². The normalized spacial score (nSPS) is 25.0. The molecule has 2 nitrogen and oxygen atoms in total. The summed E-state index contributed by atoms with van der Waals surface area (Å²) >= 11 is 0. The highest BCUT2D eigenvalue weighted by Gasteiger charge is 2.38. The van der Waals surface area contributed by atoms with E-state index in [1.807, 2.05) is 0 Å². The first-order valence-corrected chi connectivity index (χ1v) is 8.78. The summed E-state index contributed by atoms with van der Waals surface area (Å²) in [5, 5.41) is 3.78. The van der Waals surface area contributed by atoms with Crippen molar-refractivity contribution in [3.63, 3.8) is 0 Å². The molecule has 0 bridgehead atoms. The van der Waals surface area contributed by atoms with Gasteiger partial charge in [-0.15, -0.1) is 0 Å². The molecule has 1 N–H and O–H groups in total. The van der Waals surface area contributed by atoms with Gasteiger partial charge < -0.3 is 10.1 Å². The topological polar surface area (TPSA) is 21.3 Å². The molecular formula is C19H29NO. The van der Waals surface area contributed by atoms with Gasteiger partial charge in [0.2, 0.25) is 0 Å². The first-order chi connectivity index (χ1) is 10.4. The van der Waals surface area contributed by atoms with E-state index in [0.717, 1.165) is 13.2 Å². The van der Waals surface area contributed by atoms with Crippen molar-refractivity contribution in [3.8, 4) is 0 Å². The third-order valence-corrected chi connectivity index (χ3v) is 5.18. The van der Waals surface area contributed by atoms with Crippen LogP contribution in [0.3, 0.4) is 0 Å². The zero-order valence-electron chi connectivity index (χ0n) is 13.2. The number of hydrogen-bond donors (Lipinski definition) is 1. The predicted octanol–water partition coefficient (Wildman–Crippen LogP) is 4.09. The average molecular weight is 287 g/mol. The smallest absolute Gasteiger partial charge is 0.0697 e. The fourth-order valence-electron chi connectivity index (χ4n) is 3.99. The van der Waals surface area contributed by atoms with E-state index in [9.17, 15) is 0 Å². The SMILES string of the molecule is c1ccc(CCCNC2CCOC3(CCCCC3)C2)cc1. The lowest BCUT2D eigenvalue weighted by atomic mass is 9.78. The van der Waals surface area contributed by atoms with E-state index in [1.54, 1.807) is 0 Å². The Kier molecular flexibility index (Phi) is 5.32. The second kappa shape index (κ2) is 7.42. The van der Waals surface area contributed by atoms with Gasteiger partial charge in [0.25, 0.3) is 0 Å². The van der Waals surface area contributed by atoms with Crippen LogP contribution < -0.4 is 5.32 Å². The quantitative estimate of drug-likeness (QED) is 0.824. The molecule has 1 unspecified atom stereocenters. The van der Waals surface area contributed by atoms with Crippen molar-refractivity contribution in [1.82, 2.24) is 5.32 Å². The number of ether oxygens (including phenoxy) is 1. The maximum atomic E-state index is 6.17. The number of aryl methyl sites for hydroxylation is 1. The second-order valence-electron chi connectivity index (χ2n) is 6.83. The van der Waals surface area contributed by atoms with Crippen LogP contribution in [0.2, 0.25) is 0 Å². The molecular weight excluding hydrogens is 258 g/mol. The molecule has 1 heterocycles. The zero-order chi connectivity index (χ0) is 14.4. The molecule has 0 amide bonds. The molecule has 0 aromatic heterocycles. The average Bonchev–Trinajstić information content (AvgIpc) is 2.54. The van der Waals surface area contributed by atoms with Crippen molar-refractivity contribution >= 4 is 0 Å². The molecule has 3 rings (SSSR count).